The number of ether oxygens (including phenoxy) is 12. The second-order valence-corrected chi connectivity index (χ2v) is 27.2. The molecule has 9 aromatic carbocycles. The molecule has 3 saturated heterocycles. The van der Waals surface area contributed by atoms with E-state index in [-0.39, 0.29) is 116 Å². The van der Waals surface area contributed by atoms with Crippen LogP contribution in [0.2, 0.25) is 0 Å². The van der Waals surface area contributed by atoms with Gasteiger partial charge in [0.15, 0.2) is 53.4 Å². The molecule has 642 valence electrons. The van der Waals surface area contributed by atoms with Crippen LogP contribution >= 0.6 is 0 Å². The second-order valence-electron chi connectivity index (χ2n) is 27.2. The Labute approximate surface area is 685 Å². The van der Waals surface area contributed by atoms with Crippen molar-refractivity contribution in [3.63, 3.8) is 0 Å². The number of carbonyl (C=O) groups is 3. The van der Waals surface area contributed by atoms with Crippen molar-refractivity contribution in [2.45, 2.75) is 113 Å². The molecule has 21 N–H and O–H groups in total. The van der Waals surface area contributed by atoms with Crippen LogP contribution in [0.25, 0.3) is 0 Å². The summed E-state index contributed by atoms with van der Waals surface area (Å²) in [7, 11) is 0. The first-order valence-corrected chi connectivity index (χ1v) is 37.3. The van der Waals surface area contributed by atoms with Gasteiger partial charge in [-0.25, -0.2) is 0 Å². The molecule has 0 unspecified atom stereocenters. The molecule has 0 aromatic heterocycles. The van der Waals surface area contributed by atoms with Crippen LogP contribution in [0.3, 0.4) is 0 Å². The molecule has 3 aliphatic heterocycles. The number of hydrogen-bond acceptors (Lipinski definition) is 33. The van der Waals surface area contributed by atoms with Gasteiger partial charge in [0.25, 0.3) is 17.7 Å². The maximum Gasteiger partial charge on any atom is 0.259 e. The van der Waals surface area contributed by atoms with Gasteiger partial charge in [-0.15, -0.1) is 0 Å². The Morgan fingerprint density at radius 2 is 0.558 bits per heavy atom. The van der Waals surface area contributed by atoms with Gasteiger partial charge in [0.05, 0.1) is 33.8 Å². The molecule has 0 aliphatic carbocycles. The van der Waals surface area contributed by atoms with Gasteiger partial charge in [0, 0.05) is 0 Å². The summed E-state index contributed by atoms with van der Waals surface area (Å²) in [5.74, 6) is -1.71. The van der Waals surface area contributed by atoms with Crippen LogP contribution in [0.5, 0.6) is 86.2 Å². The first kappa shape index (κ1) is 90.1. The van der Waals surface area contributed by atoms with Crippen LogP contribution in [0.15, 0.2) is 182 Å². The van der Waals surface area contributed by atoms with Crippen molar-refractivity contribution in [1.82, 2.24) is 0 Å². The molecular weight excluding hydrogens is 1580 g/mol. The number of para-hydroxylation sites is 12. The average Bonchev–Trinajstić information content (AvgIpc) is 0.803. The van der Waals surface area contributed by atoms with E-state index in [0.29, 0.717) is 62.5 Å². The number of benzene rings is 9. The van der Waals surface area contributed by atoms with Crippen LogP contribution in [0, 0.1) is 20.8 Å². The third-order valence-electron chi connectivity index (χ3n) is 18.8. The Hall–Kier alpha value is -12.2. The first-order valence-electron chi connectivity index (χ1n) is 37.3. The molecule has 15 atom stereocenters. The highest BCUT2D eigenvalue weighted by Crippen LogP contribution is 2.44. The van der Waals surface area contributed by atoms with E-state index < -0.39 is 128 Å². The van der Waals surface area contributed by atoms with Crippen molar-refractivity contribution in [3.05, 3.63) is 215 Å². The van der Waals surface area contributed by atoms with Gasteiger partial charge < -0.3 is 165 Å². The fourth-order valence-electron chi connectivity index (χ4n) is 12.0. The summed E-state index contributed by atoms with van der Waals surface area (Å²) in [5.41, 5.74) is 3.25. The number of anilines is 3. The van der Waals surface area contributed by atoms with E-state index in [9.17, 15) is 106 Å². The number of carbonyl (C=O) groups excluding carboxylic acids is 3. The Kier molecular flexibility index (Phi) is 31.9. The minimum Gasteiger partial charge on any atom is -0.507 e. The second kappa shape index (κ2) is 42.5. The Balaban J connectivity index is 0.000000189. The van der Waals surface area contributed by atoms with Crippen LogP contribution in [-0.2, 0) is 14.2 Å². The number of nitrogens with one attached hydrogen (secondary N) is 3. The van der Waals surface area contributed by atoms with Crippen molar-refractivity contribution < 1.29 is 163 Å². The molecule has 0 spiro atoms. The van der Waals surface area contributed by atoms with Gasteiger partial charge in [0.2, 0.25) is 17.2 Å². The van der Waals surface area contributed by atoms with Crippen LogP contribution in [-0.4, -0.2) is 261 Å². The topological polar surface area (TPSA) is 562 Å². The lowest BCUT2D eigenvalue weighted by Gasteiger charge is -2.38. The monoisotopic (exact) mass is 1670 g/mol. The summed E-state index contributed by atoms with van der Waals surface area (Å²) in [4.78, 5) is 38.2. The molecule has 36 heteroatoms. The summed E-state index contributed by atoms with van der Waals surface area (Å²) < 4.78 is 66.6. The molecule has 0 saturated carbocycles. The minimum atomic E-state index is -1.78. The zero-order chi connectivity index (χ0) is 86.4. The quantitative estimate of drug-likeness (QED) is 0.0224. The third kappa shape index (κ3) is 23.0. The summed E-state index contributed by atoms with van der Waals surface area (Å²) in [6, 6.07) is 48.6. The van der Waals surface area contributed by atoms with Crippen molar-refractivity contribution in [1.29, 1.82) is 0 Å². The fraction of sp³-hybridized carbons (Fsp3) is 0.321. The fourth-order valence-corrected chi connectivity index (χ4v) is 12.0. The number of hydrogen-bond donors (Lipinski definition) is 21. The normalized spacial score (nSPS) is 22.4. The number of aliphatic hydroxyl groups excluding tert-OH is 12. The molecule has 0 bridgehead atoms. The van der Waals surface area contributed by atoms with Crippen molar-refractivity contribution in [2.75, 3.05) is 75.4 Å². The minimum absolute atomic E-state index is 0.00688. The van der Waals surface area contributed by atoms with Crippen LogP contribution < -0.4 is 58.6 Å². The molecule has 3 aliphatic rings. The molecule has 3 fully saturated rings. The van der Waals surface area contributed by atoms with E-state index in [1.807, 2.05) is 0 Å². The standard InChI is InChI=1S/C28H31NO12.C28H31NO11.C28H31NO10/c1-14-5-4-6-15(21(14)31)27(36)29-16-7-2-3-8-18(16)38-11-12-39-19-10-9-17(30)22(32)26(19)40-13-20-23(33)24(34)25(35)28(37)41-20;1-15-6-4-7-16(22(15)31)27(35)29-17-8-2-3-10-19(17)37-12-13-38-20-11-5-9-18(30)26(20)39-14-21-23(32)24(33)25(34)28(36)40-21;1-16-7-6-8-17(23(16)30)27(34)29-18-9-2-3-10-19(18)36-13-14-37-20-11-4-5-12-21(20)38-15-22-24(31)25(32)26(33)28(35)39-22/h2-10,20,23-25,28,30-35,37H,11-13H2,1H3,(H,29,36);2-11,21,23-25,28,30-34,36H,12-14H2,1H3,(H,29,35);2-12,22,24-26,28,30-33,35H,13-15H2,1H3,(H,29,34)/t20-,23-,24+,25-,28-;21-,23-,24+,25-,28-;22-,24-,25+,26-,28-/m111/s1. The summed E-state index contributed by atoms with van der Waals surface area (Å²) in [6.45, 7) is 4.18. The number of phenols is 6. The predicted molar refractivity (Wildman–Crippen MR) is 422 cm³/mol. The van der Waals surface area contributed by atoms with Gasteiger partial charge >= 0.3 is 0 Å². The maximum atomic E-state index is 12.7. The number of aromatic hydroxyl groups is 6. The molecule has 36 nitrogen and oxygen atoms in total. The summed E-state index contributed by atoms with van der Waals surface area (Å²) >= 11 is 0. The molecular formula is C84H93N3O33. The number of rotatable bonds is 30. The average molecular weight is 1670 g/mol. The maximum absolute atomic E-state index is 12.7. The number of phenolic OH excluding ortho intramolecular Hbond substituents is 6. The first-order chi connectivity index (χ1) is 57.5. The lowest BCUT2D eigenvalue weighted by molar-refractivity contribution is -0.285. The number of aryl methyl sites for hydroxylation is 3. The van der Waals surface area contributed by atoms with E-state index in [0.717, 1.165) is 0 Å². The van der Waals surface area contributed by atoms with Gasteiger partial charge in [-0.2, -0.15) is 0 Å². The van der Waals surface area contributed by atoms with E-state index in [1.54, 1.807) is 154 Å². The predicted octanol–water partition coefficient (Wildman–Crippen LogP) is 3.89. The van der Waals surface area contributed by atoms with E-state index in [2.05, 4.69) is 16.0 Å². The zero-order valence-corrected chi connectivity index (χ0v) is 64.5. The van der Waals surface area contributed by atoms with Crippen molar-refractivity contribution in [2.24, 2.45) is 0 Å². The summed E-state index contributed by atoms with van der Waals surface area (Å²) in [5, 5.41) is 187. The van der Waals surface area contributed by atoms with Gasteiger partial charge in [-0.1, -0.05) is 91.0 Å². The van der Waals surface area contributed by atoms with Gasteiger partial charge in [-0.3, -0.25) is 14.4 Å². The molecule has 120 heavy (non-hydrogen) atoms. The Morgan fingerprint density at radius 1 is 0.275 bits per heavy atom. The van der Waals surface area contributed by atoms with Crippen LogP contribution in [0.4, 0.5) is 17.1 Å². The highest BCUT2D eigenvalue weighted by molar-refractivity contribution is 6.08. The van der Waals surface area contributed by atoms with Crippen LogP contribution in [0.1, 0.15) is 47.8 Å². The van der Waals surface area contributed by atoms with Crippen molar-refractivity contribution >= 4 is 34.8 Å². The molecule has 9 aromatic rings. The Bertz CT molecular complexity index is 4900. The smallest absolute Gasteiger partial charge is 0.259 e. The highest BCUT2D eigenvalue weighted by atomic mass is 16.7. The number of amides is 3. The van der Waals surface area contributed by atoms with E-state index >= 15 is 0 Å². The van der Waals surface area contributed by atoms with E-state index in [1.165, 1.54) is 48.5 Å². The zero-order valence-electron chi connectivity index (χ0n) is 64.5. The molecule has 3 amide bonds. The van der Waals surface area contributed by atoms with Gasteiger partial charge in [0.1, 0.15) is 167 Å². The number of aliphatic hydroxyl groups is 12. The van der Waals surface area contributed by atoms with Crippen molar-refractivity contribution in [3.8, 4) is 86.2 Å². The van der Waals surface area contributed by atoms with E-state index in [4.69, 9.17) is 56.8 Å². The molecule has 0 radical (unpaired) electrons. The Morgan fingerprint density at radius 3 is 0.925 bits per heavy atom. The SMILES string of the molecule is Cc1cccc(C(=O)Nc2ccccc2OCCOc2ccc(O)c(O)c2OC[C@H]2O[C@@H](O)[C@H](O)[C@@H](O)[C@@H]2O)c1O.Cc1cccc(C(=O)Nc2ccccc2OCCOc2cccc(O)c2OC[C@H]2O[C@@H](O)[C@H](O)[C@@H](O)[C@@H]2O)c1O.Cc1cccc(C(=O)Nc2ccccc2OCCOc2ccccc2OC[C@H]2O[C@@H](O)[C@H](O)[C@@H](O)[C@@H]2O)c1O. The largest absolute Gasteiger partial charge is 0.507 e. The lowest BCUT2D eigenvalue weighted by Crippen LogP contribution is -2.58. The van der Waals surface area contributed by atoms with Gasteiger partial charge in [-0.05, 0) is 128 Å². The highest BCUT2D eigenvalue weighted by Gasteiger charge is 2.46. The third-order valence-corrected chi connectivity index (χ3v) is 18.8. The molecule has 12 rings (SSSR count). The lowest BCUT2D eigenvalue weighted by atomic mass is 9.99. The molecule has 3 heterocycles. The summed E-state index contributed by atoms with van der Waals surface area (Å²) in [6.07, 6.45) is -23.3.